The van der Waals surface area contributed by atoms with E-state index in [-0.39, 0.29) is 24.0 Å². The molecule has 1 aromatic rings. The number of guanidine groups is 1. The van der Waals surface area contributed by atoms with Gasteiger partial charge < -0.3 is 15.4 Å². The molecule has 0 radical (unpaired) electrons. The Morgan fingerprint density at radius 3 is 2.41 bits per heavy atom. The van der Waals surface area contributed by atoms with Crippen molar-refractivity contribution in [1.29, 1.82) is 0 Å². The summed E-state index contributed by atoms with van der Waals surface area (Å²) in [6, 6.07) is 9.33. The summed E-state index contributed by atoms with van der Waals surface area (Å²) in [5, 5.41) is 6.92. The molecule has 7 heteroatoms. The molecule has 0 bridgehead atoms. The van der Waals surface area contributed by atoms with Gasteiger partial charge in [-0.1, -0.05) is 29.8 Å². The molecule has 0 saturated carbocycles. The fourth-order valence-electron chi connectivity index (χ4n) is 3.95. The molecule has 3 rings (SSSR count). The highest BCUT2D eigenvalue weighted by atomic mass is 127. The van der Waals surface area contributed by atoms with Gasteiger partial charge in [0.1, 0.15) is 0 Å². The van der Waals surface area contributed by atoms with Crippen molar-refractivity contribution in [3.05, 3.63) is 35.4 Å². The molecular formula is C22H38IN5O. The lowest BCUT2D eigenvalue weighted by atomic mass is 10.0. The second-order valence-corrected chi connectivity index (χ2v) is 7.77. The van der Waals surface area contributed by atoms with Crippen LogP contribution in [0.3, 0.4) is 0 Å². The molecule has 6 nitrogen and oxygen atoms in total. The molecule has 0 aliphatic carbocycles. The Hall–Kier alpha value is -0.900. The minimum atomic E-state index is 0. The number of aryl methyl sites for hydroxylation is 1. The number of nitrogens with one attached hydrogen (secondary N) is 2. The van der Waals surface area contributed by atoms with Crippen LogP contribution in [-0.2, 0) is 4.74 Å². The highest BCUT2D eigenvalue weighted by Crippen LogP contribution is 2.25. The van der Waals surface area contributed by atoms with Gasteiger partial charge in [0, 0.05) is 32.7 Å². The second kappa shape index (κ2) is 13.4. The molecule has 2 fully saturated rings. The topological polar surface area (TPSA) is 52.1 Å². The van der Waals surface area contributed by atoms with Crippen LogP contribution in [0.4, 0.5) is 0 Å². The molecule has 2 N–H and O–H groups in total. The number of ether oxygens (including phenoxy) is 1. The summed E-state index contributed by atoms with van der Waals surface area (Å²) in [6.07, 6.45) is 2.59. The predicted molar refractivity (Wildman–Crippen MR) is 131 cm³/mol. The van der Waals surface area contributed by atoms with Crippen molar-refractivity contribution >= 4 is 29.9 Å². The lowest BCUT2D eigenvalue weighted by molar-refractivity contribution is 0.0389. The fraction of sp³-hybridized carbons (Fsp3) is 0.682. The molecular weight excluding hydrogens is 477 g/mol. The lowest BCUT2D eigenvalue weighted by Crippen LogP contribution is -2.44. The van der Waals surface area contributed by atoms with Gasteiger partial charge in [0.05, 0.1) is 25.8 Å². The van der Waals surface area contributed by atoms with Gasteiger partial charge in [-0.2, -0.15) is 0 Å². The highest BCUT2D eigenvalue weighted by molar-refractivity contribution is 14.0. The van der Waals surface area contributed by atoms with Gasteiger partial charge in [-0.05, 0) is 45.3 Å². The van der Waals surface area contributed by atoms with E-state index in [2.05, 4.69) is 58.5 Å². The van der Waals surface area contributed by atoms with Crippen molar-refractivity contribution in [3.8, 4) is 0 Å². The summed E-state index contributed by atoms with van der Waals surface area (Å²) in [5.41, 5.74) is 2.69. The standard InChI is InChI=1S/C22H37N5O.HI/c1-3-23-22(24-10-13-26-14-16-28-17-15-26)25-18-21(27-11-4-5-12-27)20-8-6-19(2)7-9-20;/h6-9,21H,3-5,10-18H2,1-2H3,(H2,23,24,25);1H. The normalized spacial score (nSPS) is 19.6. The summed E-state index contributed by atoms with van der Waals surface area (Å²) in [6.45, 7) is 14.0. The molecule has 2 heterocycles. The van der Waals surface area contributed by atoms with Gasteiger partial charge in [-0.3, -0.25) is 14.8 Å². The van der Waals surface area contributed by atoms with Gasteiger partial charge in [0.15, 0.2) is 5.96 Å². The van der Waals surface area contributed by atoms with E-state index in [0.29, 0.717) is 6.04 Å². The number of halogens is 1. The third-order valence-corrected chi connectivity index (χ3v) is 5.63. The van der Waals surface area contributed by atoms with Crippen LogP contribution in [0, 0.1) is 6.92 Å². The van der Waals surface area contributed by atoms with Crippen molar-refractivity contribution in [2.24, 2.45) is 4.99 Å². The number of hydrogen-bond acceptors (Lipinski definition) is 4. The predicted octanol–water partition coefficient (Wildman–Crippen LogP) is 2.64. The molecule has 0 aromatic heterocycles. The fourth-order valence-corrected chi connectivity index (χ4v) is 3.95. The van der Waals surface area contributed by atoms with E-state index in [0.717, 1.165) is 58.4 Å². The zero-order valence-electron chi connectivity index (χ0n) is 18.0. The Balaban J connectivity index is 0.00000300. The first-order valence-electron chi connectivity index (χ1n) is 10.9. The van der Waals surface area contributed by atoms with Gasteiger partial charge >= 0.3 is 0 Å². The monoisotopic (exact) mass is 515 g/mol. The summed E-state index contributed by atoms with van der Waals surface area (Å²) in [7, 11) is 0. The first-order chi connectivity index (χ1) is 13.8. The first kappa shape index (κ1) is 24.4. The maximum Gasteiger partial charge on any atom is 0.191 e. The highest BCUT2D eigenvalue weighted by Gasteiger charge is 2.23. The van der Waals surface area contributed by atoms with Crippen LogP contribution in [0.1, 0.15) is 36.9 Å². The number of hydrogen-bond donors (Lipinski definition) is 2. The molecule has 2 saturated heterocycles. The maximum atomic E-state index is 5.43. The van der Waals surface area contributed by atoms with Crippen LogP contribution >= 0.6 is 24.0 Å². The second-order valence-electron chi connectivity index (χ2n) is 7.77. The van der Waals surface area contributed by atoms with Crippen molar-refractivity contribution < 1.29 is 4.74 Å². The average Bonchev–Trinajstić information content (AvgIpc) is 3.25. The minimum Gasteiger partial charge on any atom is -0.379 e. The Morgan fingerprint density at radius 2 is 1.76 bits per heavy atom. The molecule has 29 heavy (non-hydrogen) atoms. The van der Waals surface area contributed by atoms with Crippen molar-refractivity contribution in [3.63, 3.8) is 0 Å². The number of rotatable bonds is 8. The van der Waals surface area contributed by atoms with E-state index in [1.807, 2.05) is 0 Å². The Bertz CT molecular complexity index is 598. The van der Waals surface area contributed by atoms with E-state index >= 15 is 0 Å². The van der Waals surface area contributed by atoms with Crippen molar-refractivity contribution in [1.82, 2.24) is 20.4 Å². The number of benzene rings is 1. The lowest BCUT2D eigenvalue weighted by Gasteiger charge is -2.28. The Labute approximate surface area is 193 Å². The molecule has 2 aliphatic rings. The van der Waals surface area contributed by atoms with Crippen LogP contribution in [0.5, 0.6) is 0 Å². The van der Waals surface area contributed by atoms with Gasteiger partial charge in [-0.15, -0.1) is 24.0 Å². The summed E-state index contributed by atoms with van der Waals surface area (Å²) >= 11 is 0. The number of aliphatic imine (C=N–C) groups is 1. The quantitative estimate of drug-likeness (QED) is 0.317. The van der Waals surface area contributed by atoms with E-state index in [9.17, 15) is 0 Å². The molecule has 0 amide bonds. The van der Waals surface area contributed by atoms with Crippen molar-refractivity contribution in [2.45, 2.75) is 32.7 Å². The number of likely N-dealkylation sites (tertiary alicyclic amines) is 1. The molecule has 1 aromatic carbocycles. The zero-order chi connectivity index (χ0) is 19.6. The summed E-state index contributed by atoms with van der Waals surface area (Å²) in [5.74, 6) is 0.923. The smallest absolute Gasteiger partial charge is 0.191 e. The van der Waals surface area contributed by atoms with Gasteiger partial charge in [0.2, 0.25) is 0 Å². The molecule has 2 aliphatic heterocycles. The van der Waals surface area contributed by atoms with Crippen molar-refractivity contribution in [2.75, 3.05) is 65.6 Å². The van der Waals surface area contributed by atoms with Crippen LogP contribution in [-0.4, -0.2) is 81.3 Å². The average molecular weight is 515 g/mol. The SMILES string of the molecule is CCNC(=NCC(c1ccc(C)cc1)N1CCCC1)NCCN1CCOCC1.I. The Kier molecular flexibility index (Phi) is 11.3. The van der Waals surface area contributed by atoms with E-state index in [1.54, 1.807) is 0 Å². The maximum absolute atomic E-state index is 5.43. The largest absolute Gasteiger partial charge is 0.379 e. The van der Waals surface area contributed by atoms with E-state index in [1.165, 1.54) is 37.1 Å². The van der Waals surface area contributed by atoms with Crippen LogP contribution < -0.4 is 10.6 Å². The third kappa shape index (κ3) is 8.03. The van der Waals surface area contributed by atoms with E-state index < -0.39 is 0 Å². The number of nitrogens with zero attached hydrogens (tertiary/aromatic N) is 3. The summed E-state index contributed by atoms with van der Waals surface area (Å²) in [4.78, 5) is 9.98. The van der Waals surface area contributed by atoms with Crippen LogP contribution in [0.2, 0.25) is 0 Å². The minimum absolute atomic E-state index is 0. The first-order valence-corrected chi connectivity index (χ1v) is 10.9. The molecule has 1 unspecified atom stereocenters. The van der Waals surface area contributed by atoms with Gasteiger partial charge in [-0.25, -0.2) is 0 Å². The van der Waals surface area contributed by atoms with Crippen LogP contribution in [0.15, 0.2) is 29.3 Å². The molecule has 164 valence electrons. The number of morpholine rings is 1. The van der Waals surface area contributed by atoms with E-state index in [4.69, 9.17) is 9.73 Å². The van der Waals surface area contributed by atoms with Crippen LogP contribution in [0.25, 0.3) is 0 Å². The molecule has 0 spiro atoms. The van der Waals surface area contributed by atoms with Gasteiger partial charge in [0.25, 0.3) is 0 Å². The third-order valence-electron chi connectivity index (χ3n) is 5.63. The summed E-state index contributed by atoms with van der Waals surface area (Å²) < 4.78 is 5.43. The Morgan fingerprint density at radius 1 is 1.07 bits per heavy atom. The zero-order valence-corrected chi connectivity index (χ0v) is 20.4. The molecule has 1 atom stereocenters.